The first-order valence-corrected chi connectivity index (χ1v) is 8.53. The van der Waals surface area contributed by atoms with Gasteiger partial charge in [-0.3, -0.25) is 4.79 Å². The van der Waals surface area contributed by atoms with E-state index in [2.05, 4.69) is 34.4 Å². The highest BCUT2D eigenvalue weighted by Crippen LogP contribution is 2.18. The number of nitrogens with one attached hydrogen (secondary N) is 2. The van der Waals surface area contributed by atoms with E-state index in [4.69, 9.17) is 4.74 Å². The van der Waals surface area contributed by atoms with Crippen molar-refractivity contribution in [3.05, 3.63) is 48.2 Å². The second-order valence-electron chi connectivity index (χ2n) is 5.52. The summed E-state index contributed by atoms with van der Waals surface area (Å²) in [5.74, 6) is 0.545. The van der Waals surface area contributed by atoms with Gasteiger partial charge in [-0.2, -0.15) is 0 Å². The van der Waals surface area contributed by atoms with E-state index < -0.39 is 0 Å². The lowest BCUT2D eigenvalue weighted by Gasteiger charge is -2.21. The molecule has 0 radical (unpaired) electrons. The number of benzene rings is 1. The highest BCUT2D eigenvalue weighted by molar-refractivity contribution is 6.04. The van der Waals surface area contributed by atoms with E-state index in [0.717, 1.165) is 30.3 Å². The molecule has 0 aliphatic carbocycles. The average molecular weight is 342 g/mol. The quantitative estimate of drug-likeness (QED) is 0.685. The van der Waals surface area contributed by atoms with Crippen LogP contribution in [0, 0.1) is 0 Å². The van der Waals surface area contributed by atoms with Gasteiger partial charge in [0.15, 0.2) is 0 Å². The van der Waals surface area contributed by atoms with Gasteiger partial charge in [0, 0.05) is 44.3 Å². The molecular formula is C19H26N4O2. The minimum absolute atomic E-state index is 0.175. The fraction of sp³-hybridized carbons (Fsp3) is 0.368. The number of aromatic nitrogens is 1. The molecule has 0 saturated heterocycles. The number of pyridine rings is 1. The highest BCUT2D eigenvalue weighted by atomic mass is 16.5. The number of amides is 1. The fourth-order valence-electron chi connectivity index (χ4n) is 2.46. The van der Waals surface area contributed by atoms with Gasteiger partial charge in [-0.25, -0.2) is 4.98 Å². The molecule has 0 aliphatic heterocycles. The highest BCUT2D eigenvalue weighted by Gasteiger charge is 2.08. The van der Waals surface area contributed by atoms with Gasteiger partial charge in [-0.1, -0.05) is 0 Å². The Morgan fingerprint density at radius 1 is 1.12 bits per heavy atom. The maximum atomic E-state index is 12.3. The molecule has 0 bridgehead atoms. The molecule has 6 heteroatoms. The second-order valence-corrected chi connectivity index (χ2v) is 5.52. The van der Waals surface area contributed by atoms with Crippen molar-refractivity contribution in [1.82, 2.24) is 4.98 Å². The summed E-state index contributed by atoms with van der Waals surface area (Å²) in [4.78, 5) is 18.8. The van der Waals surface area contributed by atoms with Crippen molar-refractivity contribution < 1.29 is 9.53 Å². The minimum atomic E-state index is -0.175. The van der Waals surface area contributed by atoms with Gasteiger partial charge < -0.3 is 20.3 Å². The minimum Gasteiger partial charge on any atom is -0.383 e. The van der Waals surface area contributed by atoms with Gasteiger partial charge in [-0.15, -0.1) is 0 Å². The SMILES string of the molecule is CCN(CC)c1ccc(NC(=O)c2ccc(NCCOC)nc2)cc1. The number of nitrogens with zero attached hydrogens (tertiary/aromatic N) is 2. The molecule has 2 N–H and O–H groups in total. The molecule has 1 aromatic carbocycles. The number of rotatable bonds is 9. The van der Waals surface area contributed by atoms with Crippen LogP contribution in [0.25, 0.3) is 0 Å². The van der Waals surface area contributed by atoms with E-state index in [0.29, 0.717) is 18.7 Å². The van der Waals surface area contributed by atoms with Crippen molar-refractivity contribution in [2.24, 2.45) is 0 Å². The Bertz CT molecular complexity index is 652. The molecule has 1 amide bonds. The maximum Gasteiger partial charge on any atom is 0.257 e. The van der Waals surface area contributed by atoms with E-state index in [9.17, 15) is 4.79 Å². The van der Waals surface area contributed by atoms with Crippen LogP contribution in [-0.2, 0) is 4.74 Å². The zero-order valence-corrected chi connectivity index (χ0v) is 15.1. The van der Waals surface area contributed by atoms with E-state index in [1.807, 2.05) is 24.3 Å². The Hall–Kier alpha value is -2.60. The van der Waals surface area contributed by atoms with Gasteiger partial charge in [0.05, 0.1) is 12.2 Å². The maximum absolute atomic E-state index is 12.3. The second kappa shape index (κ2) is 9.64. The molecule has 134 valence electrons. The fourth-order valence-corrected chi connectivity index (χ4v) is 2.46. The van der Waals surface area contributed by atoms with Crippen LogP contribution in [0.5, 0.6) is 0 Å². The van der Waals surface area contributed by atoms with Gasteiger partial charge in [0.1, 0.15) is 5.82 Å². The number of hydrogen-bond acceptors (Lipinski definition) is 5. The Morgan fingerprint density at radius 3 is 2.40 bits per heavy atom. The summed E-state index contributed by atoms with van der Waals surface area (Å²) in [5.41, 5.74) is 2.43. The van der Waals surface area contributed by atoms with Gasteiger partial charge in [0.2, 0.25) is 0 Å². The Labute approximate surface area is 149 Å². The van der Waals surface area contributed by atoms with Crippen LogP contribution in [0.4, 0.5) is 17.2 Å². The molecular weight excluding hydrogens is 316 g/mol. The third-order valence-electron chi connectivity index (χ3n) is 3.89. The van der Waals surface area contributed by atoms with E-state index in [1.54, 1.807) is 25.4 Å². The molecule has 6 nitrogen and oxygen atoms in total. The van der Waals surface area contributed by atoms with Crippen molar-refractivity contribution in [2.75, 3.05) is 48.9 Å². The van der Waals surface area contributed by atoms with Crippen LogP contribution in [0.3, 0.4) is 0 Å². The number of hydrogen-bond donors (Lipinski definition) is 2. The van der Waals surface area contributed by atoms with Gasteiger partial charge in [0.25, 0.3) is 5.91 Å². The number of carbonyl (C=O) groups is 1. The lowest BCUT2D eigenvalue weighted by Crippen LogP contribution is -2.21. The van der Waals surface area contributed by atoms with Crippen LogP contribution < -0.4 is 15.5 Å². The molecule has 0 saturated carbocycles. The number of ether oxygens (including phenoxy) is 1. The molecule has 0 aliphatic rings. The van der Waals surface area contributed by atoms with Gasteiger partial charge in [-0.05, 0) is 50.2 Å². The molecule has 0 fully saturated rings. The summed E-state index contributed by atoms with van der Waals surface area (Å²) in [7, 11) is 1.65. The first-order valence-electron chi connectivity index (χ1n) is 8.53. The van der Waals surface area contributed by atoms with Crippen molar-refractivity contribution in [2.45, 2.75) is 13.8 Å². The van der Waals surface area contributed by atoms with E-state index >= 15 is 0 Å². The third kappa shape index (κ3) is 5.46. The zero-order valence-electron chi connectivity index (χ0n) is 15.1. The largest absolute Gasteiger partial charge is 0.383 e. The smallest absolute Gasteiger partial charge is 0.257 e. The Balaban J connectivity index is 1.95. The molecule has 2 aromatic rings. The average Bonchev–Trinajstić information content (AvgIpc) is 2.65. The first kappa shape index (κ1) is 18.7. The standard InChI is InChI=1S/C19H26N4O2/c1-4-23(5-2)17-9-7-16(8-10-17)22-19(24)15-6-11-18(21-14-15)20-12-13-25-3/h6-11,14H,4-5,12-13H2,1-3H3,(H,20,21)(H,22,24). The summed E-state index contributed by atoms with van der Waals surface area (Å²) in [6, 6.07) is 11.4. The molecule has 2 rings (SSSR count). The Morgan fingerprint density at radius 2 is 1.84 bits per heavy atom. The topological polar surface area (TPSA) is 66.5 Å². The van der Waals surface area contributed by atoms with Crippen molar-refractivity contribution >= 4 is 23.1 Å². The van der Waals surface area contributed by atoms with Crippen LogP contribution >= 0.6 is 0 Å². The lowest BCUT2D eigenvalue weighted by atomic mass is 10.2. The predicted molar refractivity (Wildman–Crippen MR) is 103 cm³/mol. The molecule has 0 unspecified atom stereocenters. The monoisotopic (exact) mass is 342 g/mol. The lowest BCUT2D eigenvalue weighted by molar-refractivity contribution is 0.102. The first-order chi connectivity index (χ1) is 12.2. The zero-order chi connectivity index (χ0) is 18.1. The van der Waals surface area contributed by atoms with Crippen molar-refractivity contribution in [1.29, 1.82) is 0 Å². The summed E-state index contributed by atoms with van der Waals surface area (Å²) >= 11 is 0. The number of carbonyl (C=O) groups excluding carboxylic acids is 1. The summed E-state index contributed by atoms with van der Waals surface area (Å²) in [6.07, 6.45) is 1.56. The van der Waals surface area contributed by atoms with E-state index in [1.165, 1.54) is 0 Å². The molecule has 1 aromatic heterocycles. The molecule has 0 spiro atoms. The van der Waals surface area contributed by atoms with Crippen LogP contribution in [0.1, 0.15) is 24.2 Å². The summed E-state index contributed by atoms with van der Waals surface area (Å²) < 4.78 is 4.97. The van der Waals surface area contributed by atoms with Crippen LogP contribution in [0.2, 0.25) is 0 Å². The van der Waals surface area contributed by atoms with Gasteiger partial charge >= 0.3 is 0 Å². The third-order valence-corrected chi connectivity index (χ3v) is 3.89. The van der Waals surface area contributed by atoms with Crippen molar-refractivity contribution in [3.63, 3.8) is 0 Å². The van der Waals surface area contributed by atoms with Crippen molar-refractivity contribution in [3.8, 4) is 0 Å². The Kier molecular flexibility index (Phi) is 7.22. The summed E-state index contributed by atoms with van der Waals surface area (Å²) in [6.45, 7) is 7.44. The molecule has 25 heavy (non-hydrogen) atoms. The van der Waals surface area contributed by atoms with Crippen LogP contribution in [0.15, 0.2) is 42.6 Å². The molecule has 0 atom stereocenters. The normalized spacial score (nSPS) is 10.4. The molecule has 1 heterocycles. The summed E-state index contributed by atoms with van der Waals surface area (Å²) in [5, 5.41) is 6.01. The van der Waals surface area contributed by atoms with E-state index in [-0.39, 0.29) is 5.91 Å². The predicted octanol–water partition coefficient (Wildman–Crippen LogP) is 3.24. The number of anilines is 3. The number of methoxy groups -OCH3 is 1. The van der Waals surface area contributed by atoms with Crippen LogP contribution in [-0.4, -0.2) is 44.2 Å².